The Morgan fingerprint density at radius 1 is 1.11 bits per heavy atom. The van der Waals surface area contributed by atoms with E-state index >= 15 is 0 Å². The molecule has 6 nitrogen and oxygen atoms in total. The predicted octanol–water partition coefficient (Wildman–Crippen LogP) is 5.40. The predicted molar refractivity (Wildman–Crippen MR) is 143 cm³/mol. The van der Waals surface area contributed by atoms with Crippen LogP contribution in [0.4, 0.5) is 4.39 Å². The summed E-state index contributed by atoms with van der Waals surface area (Å²) in [7, 11) is -4.08. The Hall–Kier alpha value is -3.14. The van der Waals surface area contributed by atoms with Gasteiger partial charge >= 0.3 is 0 Å². The lowest BCUT2D eigenvalue weighted by Gasteiger charge is -2.40. The first-order valence-corrected chi connectivity index (χ1v) is 14.4. The largest absolute Gasteiger partial charge is 0.330 e. The van der Waals surface area contributed by atoms with Gasteiger partial charge in [-0.3, -0.25) is 9.78 Å². The van der Waals surface area contributed by atoms with Gasteiger partial charge in [-0.2, -0.15) is 4.31 Å². The molecule has 0 fully saturated rings. The average Bonchev–Trinajstić information content (AvgIpc) is 3.35. The molecule has 0 spiro atoms. The highest BCUT2D eigenvalue weighted by Gasteiger charge is 2.40. The number of sulfonamides is 1. The van der Waals surface area contributed by atoms with Crippen LogP contribution >= 0.6 is 11.3 Å². The summed E-state index contributed by atoms with van der Waals surface area (Å²) in [5.41, 5.74) is 1.29. The zero-order valence-corrected chi connectivity index (χ0v) is 22.5. The molecule has 3 heterocycles. The third kappa shape index (κ3) is 4.79. The molecule has 192 valence electrons. The van der Waals surface area contributed by atoms with Gasteiger partial charge in [0.1, 0.15) is 10.7 Å². The van der Waals surface area contributed by atoms with Crippen molar-refractivity contribution in [3.63, 3.8) is 0 Å². The normalized spacial score (nSPS) is 16.2. The van der Waals surface area contributed by atoms with Crippen molar-refractivity contribution < 1.29 is 17.6 Å². The lowest BCUT2D eigenvalue weighted by Crippen LogP contribution is -2.52. The third-order valence-electron chi connectivity index (χ3n) is 6.66. The maximum atomic E-state index is 14.0. The molecular weight excluding hydrogens is 509 g/mol. The van der Waals surface area contributed by atoms with Gasteiger partial charge in [-0.15, -0.1) is 11.3 Å². The number of hydrogen-bond donors (Lipinski definition) is 0. The number of fused-ring (bicyclic) bond motifs is 2. The summed E-state index contributed by atoms with van der Waals surface area (Å²) in [6.07, 6.45) is 2.25. The molecule has 37 heavy (non-hydrogen) atoms. The van der Waals surface area contributed by atoms with E-state index in [9.17, 15) is 17.6 Å². The molecule has 1 aliphatic heterocycles. The van der Waals surface area contributed by atoms with Gasteiger partial charge in [0.15, 0.2) is 0 Å². The van der Waals surface area contributed by atoms with Crippen molar-refractivity contribution in [2.45, 2.75) is 43.7 Å². The lowest BCUT2D eigenvalue weighted by atomic mass is 9.93. The maximum Gasteiger partial charge on any atom is 0.246 e. The minimum atomic E-state index is -4.08. The number of aromatic nitrogens is 1. The first-order valence-electron chi connectivity index (χ1n) is 12.0. The highest BCUT2D eigenvalue weighted by atomic mass is 32.2. The molecule has 1 amide bonds. The van der Waals surface area contributed by atoms with Gasteiger partial charge in [0, 0.05) is 28.5 Å². The number of para-hydroxylation sites is 1. The molecule has 0 N–H and O–H groups in total. The van der Waals surface area contributed by atoms with E-state index in [0.717, 1.165) is 11.1 Å². The smallest absolute Gasteiger partial charge is 0.246 e. The second kappa shape index (κ2) is 9.63. The van der Waals surface area contributed by atoms with Crippen LogP contribution in [0.3, 0.4) is 0 Å². The topological polar surface area (TPSA) is 70.6 Å². The highest BCUT2D eigenvalue weighted by Crippen LogP contribution is 2.38. The summed E-state index contributed by atoms with van der Waals surface area (Å²) in [4.78, 5) is 21.2. The number of hydrogen-bond acceptors (Lipinski definition) is 5. The van der Waals surface area contributed by atoms with Gasteiger partial charge in [-0.25, -0.2) is 12.8 Å². The second-order valence-corrected chi connectivity index (χ2v) is 12.9. The first-order chi connectivity index (χ1) is 17.6. The number of amides is 1. The fourth-order valence-electron chi connectivity index (χ4n) is 4.89. The second-order valence-electron chi connectivity index (χ2n) is 10.1. The van der Waals surface area contributed by atoms with E-state index in [2.05, 4.69) is 4.98 Å². The van der Waals surface area contributed by atoms with E-state index in [1.165, 1.54) is 27.4 Å². The number of thiophene rings is 1. The van der Waals surface area contributed by atoms with Crippen molar-refractivity contribution in [3.05, 3.63) is 94.1 Å². The molecule has 0 saturated carbocycles. The first kappa shape index (κ1) is 25.5. The molecule has 5 rings (SSSR count). The number of carbonyl (C=O) groups excluding carboxylic acids is 1. The molecule has 0 aliphatic carbocycles. The fourth-order valence-corrected chi connectivity index (χ4v) is 7.70. The van der Waals surface area contributed by atoms with E-state index in [4.69, 9.17) is 0 Å². The van der Waals surface area contributed by atoms with Crippen molar-refractivity contribution in [3.8, 4) is 0 Å². The van der Waals surface area contributed by atoms with Crippen molar-refractivity contribution in [1.82, 2.24) is 14.2 Å². The Morgan fingerprint density at radius 2 is 1.84 bits per heavy atom. The lowest BCUT2D eigenvalue weighted by molar-refractivity contribution is -0.134. The number of halogens is 1. The minimum absolute atomic E-state index is 0.0715. The molecule has 0 bridgehead atoms. The van der Waals surface area contributed by atoms with E-state index in [0.29, 0.717) is 23.9 Å². The average molecular weight is 538 g/mol. The number of nitrogens with zero attached hydrogens (tertiary/aromatic N) is 3. The molecule has 1 atom stereocenters. The zero-order valence-electron chi connectivity index (χ0n) is 20.9. The van der Waals surface area contributed by atoms with Crippen LogP contribution in [0.25, 0.3) is 10.9 Å². The Labute approximate surface area is 220 Å². The number of carbonyl (C=O) groups is 1. The van der Waals surface area contributed by atoms with Gasteiger partial charge in [0.05, 0.1) is 18.1 Å². The Bertz CT molecular complexity index is 1550. The maximum absolute atomic E-state index is 14.0. The molecule has 0 saturated heterocycles. The van der Waals surface area contributed by atoms with Gasteiger partial charge < -0.3 is 4.90 Å². The standard InChI is InChI=1S/C28H28FN3O3S2/c1-28(2,3)32(37(34,35)24-8-4-6-19-7-5-15-30-26(19)24)18-25(33)31-16-13-23-22(14-17-36-23)27(31)20-9-11-21(29)12-10-20/h4-12,14-15,17,27H,13,16,18H2,1-3H3. The van der Waals surface area contributed by atoms with E-state index in [1.807, 2.05) is 23.6 Å². The number of pyridine rings is 1. The summed E-state index contributed by atoms with van der Waals surface area (Å²) in [5, 5.41) is 2.70. The van der Waals surface area contributed by atoms with Crippen LogP contribution in [-0.2, 0) is 21.2 Å². The highest BCUT2D eigenvalue weighted by molar-refractivity contribution is 7.89. The Morgan fingerprint density at radius 3 is 2.57 bits per heavy atom. The molecule has 1 unspecified atom stereocenters. The number of benzene rings is 2. The van der Waals surface area contributed by atoms with Gasteiger partial charge in [0.2, 0.25) is 15.9 Å². The molecular formula is C28H28FN3O3S2. The van der Waals surface area contributed by atoms with Crippen LogP contribution < -0.4 is 0 Å². The van der Waals surface area contributed by atoms with Crippen molar-refractivity contribution >= 4 is 38.2 Å². The van der Waals surface area contributed by atoms with Gasteiger partial charge in [-0.05, 0) is 74.0 Å². The van der Waals surface area contributed by atoms with Crippen LogP contribution in [0.2, 0.25) is 0 Å². The molecule has 0 radical (unpaired) electrons. The zero-order chi connectivity index (χ0) is 26.4. The van der Waals surface area contributed by atoms with Gasteiger partial charge in [0.25, 0.3) is 0 Å². The summed E-state index contributed by atoms with van der Waals surface area (Å²) < 4.78 is 43.0. The van der Waals surface area contributed by atoms with Crippen molar-refractivity contribution in [1.29, 1.82) is 0 Å². The Kier molecular flexibility index (Phi) is 6.64. The number of rotatable bonds is 5. The molecule has 1 aliphatic rings. The van der Waals surface area contributed by atoms with Crippen LogP contribution in [0, 0.1) is 5.82 Å². The SMILES string of the molecule is CC(C)(C)N(CC(=O)N1CCc2sccc2C1c1ccc(F)cc1)S(=O)(=O)c1cccc2cccnc12. The van der Waals surface area contributed by atoms with E-state index < -0.39 is 21.6 Å². The minimum Gasteiger partial charge on any atom is -0.330 e. The summed E-state index contributed by atoms with van der Waals surface area (Å²) in [6, 6.07) is 16.3. The van der Waals surface area contributed by atoms with Crippen molar-refractivity contribution in [2.24, 2.45) is 0 Å². The summed E-state index contributed by atoms with van der Waals surface area (Å²) in [5.74, 6) is -0.658. The van der Waals surface area contributed by atoms with Crippen LogP contribution in [0.5, 0.6) is 0 Å². The van der Waals surface area contributed by atoms with E-state index in [-0.39, 0.29) is 23.2 Å². The van der Waals surface area contributed by atoms with Crippen LogP contribution in [0.15, 0.2) is 77.1 Å². The summed E-state index contributed by atoms with van der Waals surface area (Å²) in [6.45, 7) is 5.46. The van der Waals surface area contributed by atoms with E-state index in [1.54, 1.807) is 67.5 Å². The quantitative estimate of drug-likeness (QED) is 0.342. The summed E-state index contributed by atoms with van der Waals surface area (Å²) >= 11 is 1.64. The molecule has 4 aromatic rings. The molecule has 2 aromatic carbocycles. The Balaban J connectivity index is 1.53. The fraction of sp³-hybridized carbons (Fsp3) is 0.286. The molecule has 2 aromatic heterocycles. The van der Waals surface area contributed by atoms with Crippen LogP contribution in [0.1, 0.15) is 42.8 Å². The van der Waals surface area contributed by atoms with Gasteiger partial charge in [-0.1, -0.05) is 30.3 Å². The van der Waals surface area contributed by atoms with Crippen molar-refractivity contribution in [2.75, 3.05) is 13.1 Å². The van der Waals surface area contributed by atoms with Crippen LogP contribution in [-0.4, -0.2) is 47.1 Å². The third-order valence-corrected chi connectivity index (χ3v) is 9.80. The molecule has 9 heteroatoms. The monoisotopic (exact) mass is 537 g/mol.